The van der Waals surface area contributed by atoms with Crippen molar-refractivity contribution in [1.29, 1.82) is 0 Å². The molecular formula is C25H32N2O3. The molecule has 1 saturated heterocycles. The lowest BCUT2D eigenvalue weighted by Crippen LogP contribution is -2.48. The Morgan fingerprint density at radius 2 is 1.83 bits per heavy atom. The molecule has 2 aromatic carbocycles. The maximum absolute atomic E-state index is 13.4. The van der Waals surface area contributed by atoms with Crippen molar-refractivity contribution in [3.63, 3.8) is 0 Å². The number of methoxy groups -OCH3 is 1. The molecule has 3 atom stereocenters. The monoisotopic (exact) mass is 408 g/mol. The average molecular weight is 409 g/mol. The molecule has 1 saturated carbocycles. The number of nitrogens with one attached hydrogen (secondary N) is 1. The Bertz CT molecular complexity index is 926. The van der Waals surface area contributed by atoms with E-state index < -0.39 is 0 Å². The van der Waals surface area contributed by atoms with Gasteiger partial charge in [0.1, 0.15) is 5.75 Å². The second-order valence-electron chi connectivity index (χ2n) is 8.93. The highest BCUT2D eigenvalue weighted by molar-refractivity contribution is 6.08. The fourth-order valence-corrected chi connectivity index (χ4v) is 5.07. The molecule has 0 aromatic heterocycles. The van der Waals surface area contributed by atoms with E-state index in [2.05, 4.69) is 12.2 Å². The lowest BCUT2D eigenvalue weighted by molar-refractivity contribution is -0.127. The predicted molar refractivity (Wildman–Crippen MR) is 119 cm³/mol. The molecule has 1 aliphatic carbocycles. The van der Waals surface area contributed by atoms with Gasteiger partial charge in [0.2, 0.25) is 5.91 Å². The van der Waals surface area contributed by atoms with Crippen LogP contribution in [0.25, 0.3) is 10.8 Å². The number of nitrogens with zero attached hydrogens (tertiary/aromatic N) is 1. The number of amides is 2. The summed E-state index contributed by atoms with van der Waals surface area (Å²) >= 11 is 0. The molecule has 2 aromatic rings. The van der Waals surface area contributed by atoms with E-state index in [1.165, 1.54) is 12.8 Å². The summed E-state index contributed by atoms with van der Waals surface area (Å²) in [5.41, 5.74) is 0.675. The SMILES string of the molecule is COc1ccc(C(=O)N2CCCC(C(=O)NC3CCCC(C)C3)C2)c2ccccc12. The zero-order chi connectivity index (χ0) is 21.1. The Balaban J connectivity index is 1.47. The van der Waals surface area contributed by atoms with E-state index in [0.717, 1.165) is 42.2 Å². The minimum absolute atomic E-state index is 0.00218. The van der Waals surface area contributed by atoms with Crippen LogP contribution in [0.2, 0.25) is 0 Å². The summed E-state index contributed by atoms with van der Waals surface area (Å²) in [5.74, 6) is 1.44. The van der Waals surface area contributed by atoms with Crippen LogP contribution in [-0.4, -0.2) is 43.0 Å². The van der Waals surface area contributed by atoms with Gasteiger partial charge in [-0.15, -0.1) is 0 Å². The topological polar surface area (TPSA) is 58.6 Å². The Hall–Kier alpha value is -2.56. The molecule has 1 aliphatic heterocycles. The highest BCUT2D eigenvalue weighted by Crippen LogP contribution is 2.30. The first kappa shape index (κ1) is 20.7. The number of rotatable bonds is 4. The van der Waals surface area contributed by atoms with Crippen molar-refractivity contribution < 1.29 is 14.3 Å². The fourth-order valence-electron chi connectivity index (χ4n) is 5.07. The van der Waals surface area contributed by atoms with Gasteiger partial charge in [-0.25, -0.2) is 0 Å². The van der Waals surface area contributed by atoms with Crippen molar-refractivity contribution in [3.8, 4) is 5.75 Å². The number of hydrogen-bond donors (Lipinski definition) is 1. The van der Waals surface area contributed by atoms with E-state index in [1.54, 1.807) is 7.11 Å². The largest absolute Gasteiger partial charge is 0.496 e. The van der Waals surface area contributed by atoms with Crippen molar-refractivity contribution in [2.24, 2.45) is 11.8 Å². The number of fused-ring (bicyclic) bond motifs is 1. The first-order valence-electron chi connectivity index (χ1n) is 11.2. The molecule has 3 unspecified atom stereocenters. The molecule has 4 rings (SSSR count). The van der Waals surface area contributed by atoms with Gasteiger partial charge in [0, 0.05) is 30.1 Å². The molecular weight excluding hydrogens is 376 g/mol. The van der Waals surface area contributed by atoms with Crippen LogP contribution in [0.1, 0.15) is 55.8 Å². The molecule has 5 nitrogen and oxygen atoms in total. The molecule has 0 radical (unpaired) electrons. The minimum Gasteiger partial charge on any atom is -0.496 e. The zero-order valence-electron chi connectivity index (χ0n) is 18.0. The summed E-state index contributed by atoms with van der Waals surface area (Å²) in [4.78, 5) is 28.1. The first-order valence-corrected chi connectivity index (χ1v) is 11.2. The number of ether oxygens (including phenoxy) is 1. The van der Waals surface area contributed by atoms with Gasteiger partial charge in [-0.3, -0.25) is 9.59 Å². The van der Waals surface area contributed by atoms with Crippen LogP contribution in [0.5, 0.6) is 5.75 Å². The van der Waals surface area contributed by atoms with Crippen molar-refractivity contribution in [2.45, 2.75) is 51.5 Å². The van der Waals surface area contributed by atoms with Gasteiger partial charge in [0.15, 0.2) is 0 Å². The van der Waals surface area contributed by atoms with Crippen LogP contribution in [0.4, 0.5) is 0 Å². The molecule has 30 heavy (non-hydrogen) atoms. The Morgan fingerprint density at radius 3 is 2.60 bits per heavy atom. The van der Waals surface area contributed by atoms with E-state index in [1.807, 2.05) is 41.3 Å². The van der Waals surface area contributed by atoms with Gasteiger partial charge in [-0.1, -0.05) is 44.0 Å². The molecule has 1 N–H and O–H groups in total. The van der Waals surface area contributed by atoms with Crippen LogP contribution >= 0.6 is 0 Å². The third-order valence-electron chi connectivity index (χ3n) is 6.70. The van der Waals surface area contributed by atoms with Crippen LogP contribution < -0.4 is 10.1 Å². The Morgan fingerprint density at radius 1 is 1.03 bits per heavy atom. The number of likely N-dealkylation sites (tertiary alicyclic amines) is 1. The molecule has 0 spiro atoms. The van der Waals surface area contributed by atoms with Crippen molar-refractivity contribution in [1.82, 2.24) is 10.2 Å². The maximum Gasteiger partial charge on any atom is 0.254 e. The maximum atomic E-state index is 13.4. The standard InChI is InChI=1S/C25H32N2O3/c1-17-7-5-9-19(15-17)26-24(28)18-8-6-14-27(16-18)25(29)22-12-13-23(30-2)21-11-4-3-10-20(21)22/h3-4,10-13,17-19H,5-9,14-16H2,1-2H3,(H,26,28). The normalized spacial score (nSPS) is 24.5. The van der Waals surface area contributed by atoms with Gasteiger partial charge in [0.25, 0.3) is 5.91 Å². The molecule has 5 heteroatoms. The summed E-state index contributed by atoms with van der Waals surface area (Å²) in [6, 6.07) is 11.8. The summed E-state index contributed by atoms with van der Waals surface area (Å²) in [7, 11) is 1.64. The molecule has 1 heterocycles. The van der Waals surface area contributed by atoms with Crippen molar-refractivity contribution in [3.05, 3.63) is 42.0 Å². The van der Waals surface area contributed by atoms with Crippen LogP contribution in [0.3, 0.4) is 0 Å². The van der Waals surface area contributed by atoms with Gasteiger partial charge in [-0.2, -0.15) is 0 Å². The highest BCUT2D eigenvalue weighted by Gasteiger charge is 2.31. The highest BCUT2D eigenvalue weighted by atomic mass is 16.5. The van der Waals surface area contributed by atoms with E-state index >= 15 is 0 Å². The van der Waals surface area contributed by atoms with Gasteiger partial charge >= 0.3 is 0 Å². The molecule has 2 fully saturated rings. The van der Waals surface area contributed by atoms with Crippen molar-refractivity contribution >= 4 is 22.6 Å². The summed E-state index contributed by atoms with van der Waals surface area (Å²) < 4.78 is 5.46. The fraction of sp³-hybridized carbons (Fsp3) is 0.520. The molecule has 160 valence electrons. The van der Waals surface area contributed by atoms with Gasteiger partial charge in [0.05, 0.1) is 13.0 Å². The number of hydrogen-bond acceptors (Lipinski definition) is 3. The van der Waals surface area contributed by atoms with Crippen LogP contribution in [0, 0.1) is 11.8 Å². The second-order valence-corrected chi connectivity index (χ2v) is 8.93. The van der Waals surface area contributed by atoms with Crippen LogP contribution in [0.15, 0.2) is 36.4 Å². The molecule has 0 bridgehead atoms. The minimum atomic E-state index is -0.121. The predicted octanol–water partition coefficient (Wildman–Crippen LogP) is 4.40. The van der Waals surface area contributed by atoms with Gasteiger partial charge < -0.3 is 15.0 Å². The summed E-state index contributed by atoms with van der Waals surface area (Å²) in [5, 5.41) is 5.10. The summed E-state index contributed by atoms with van der Waals surface area (Å²) in [6.07, 6.45) is 6.29. The molecule has 2 amide bonds. The van der Waals surface area contributed by atoms with Crippen LogP contribution in [-0.2, 0) is 4.79 Å². The second kappa shape index (κ2) is 9.07. The van der Waals surface area contributed by atoms with Crippen molar-refractivity contribution in [2.75, 3.05) is 20.2 Å². The first-order chi connectivity index (χ1) is 14.6. The van der Waals surface area contributed by atoms with E-state index in [9.17, 15) is 9.59 Å². The van der Waals surface area contributed by atoms with Gasteiger partial charge in [-0.05, 0) is 49.1 Å². The number of carbonyl (C=O) groups excluding carboxylic acids is 2. The third kappa shape index (κ3) is 4.30. The number of benzene rings is 2. The molecule has 2 aliphatic rings. The Labute approximate surface area is 178 Å². The van der Waals surface area contributed by atoms with E-state index in [4.69, 9.17) is 4.74 Å². The number of piperidine rings is 1. The third-order valence-corrected chi connectivity index (χ3v) is 6.70. The average Bonchev–Trinajstić information content (AvgIpc) is 2.78. The summed E-state index contributed by atoms with van der Waals surface area (Å²) in [6.45, 7) is 3.45. The smallest absolute Gasteiger partial charge is 0.254 e. The number of carbonyl (C=O) groups is 2. The lowest BCUT2D eigenvalue weighted by atomic mass is 9.86. The Kier molecular flexibility index (Phi) is 6.26. The van der Waals surface area contributed by atoms with E-state index in [-0.39, 0.29) is 23.8 Å². The quantitative estimate of drug-likeness (QED) is 0.816. The zero-order valence-corrected chi connectivity index (χ0v) is 18.0. The lowest BCUT2D eigenvalue weighted by Gasteiger charge is -2.34. The van der Waals surface area contributed by atoms with E-state index in [0.29, 0.717) is 24.6 Å².